The molecule has 0 radical (unpaired) electrons. The standard InChI is InChI=1S/C29H34FN7O2/c1-18(2)35-11-13-36(14-12-35)28(39)22-6-9-25(31-16-22)33-29-32-17-23(30)27(34-29)21-5-8-24-20(15-21)7-10-26(38)37(24)19(3)4/h5-6,8-9,15-19H,7,10-14H2,1-4H3,(H,31,32,33,34). The van der Waals surface area contributed by atoms with Crippen molar-refractivity contribution in [2.45, 2.75) is 52.6 Å². The van der Waals surface area contributed by atoms with Crippen LogP contribution in [0.2, 0.25) is 0 Å². The molecule has 2 aliphatic heterocycles. The Morgan fingerprint density at radius 1 is 0.949 bits per heavy atom. The number of pyridine rings is 1. The molecule has 1 saturated heterocycles. The molecule has 204 valence electrons. The molecule has 5 rings (SSSR count). The third-order valence-corrected chi connectivity index (χ3v) is 7.33. The second-order valence-corrected chi connectivity index (χ2v) is 10.6. The van der Waals surface area contributed by atoms with Gasteiger partial charge in [0.15, 0.2) is 5.82 Å². The summed E-state index contributed by atoms with van der Waals surface area (Å²) in [7, 11) is 0. The summed E-state index contributed by atoms with van der Waals surface area (Å²) in [6, 6.07) is 9.46. The first-order chi connectivity index (χ1) is 18.7. The number of benzene rings is 1. The van der Waals surface area contributed by atoms with Crippen LogP contribution < -0.4 is 10.2 Å². The minimum Gasteiger partial charge on any atom is -0.336 e. The summed E-state index contributed by atoms with van der Waals surface area (Å²) in [4.78, 5) is 44.2. The summed E-state index contributed by atoms with van der Waals surface area (Å²) in [5.41, 5.74) is 3.14. The van der Waals surface area contributed by atoms with Crippen LogP contribution >= 0.6 is 0 Å². The van der Waals surface area contributed by atoms with Gasteiger partial charge in [0.05, 0.1) is 11.8 Å². The molecule has 0 spiro atoms. The molecule has 0 aliphatic carbocycles. The molecule has 9 nitrogen and oxygen atoms in total. The third-order valence-electron chi connectivity index (χ3n) is 7.33. The molecule has 0 bridgehead atoms. The number of halogens is 1. The number of aromatic nitrogens is 3. The molecule has 0 unspecified atom stereocenters. The van der Waals surface area contributed by atoms with Gasteiger partial charge in [-0.3, -0.25) is 14.5 Å². The Morgan fingerprint density at radius 2 is 1.72 bits per heavy atom. The summed E-state index contributed by atoms with van der Waals surface area (Å²) in [5.74, 6) is 0.158. The minimum absolute atomic E-state index is 0.0390. The van der Waals surface area contributed by atoms with Crippen LogP contribution in [0.1, 0.15) is 50.0 Å². The van der Waals surface area contributed by atoms with Crippen LogP contribution in [-0.2, 0) is 11.2 Å². The fraction of sp³-hybridized carbons (Fsp3) is 0.414. The smallest absolute Gasteiger partial charge is 0.255 e. The Kier molecular flexibility index (Phi) is 7.56. The fourth-order valence-electron chi connectivity index (χ4n) is 5.19. The zero-order valence-corrected chi connectivity index (χ0v) is 22.8. The predicted molar refractivity (Wildman–Crippen MR) is 149 cm³/mol. The third kappa shape index (κ3) is 5.61. The maximum absolute atomic E-state index is 14.8. The summed E-state index contributed by atoms with van der Waals surface area (Å²) in [6.45, 7) is 11.4. The van der Waals surface area contributed by atoms with Gasteiger partial charge in [-0.05, 0) is 63.9 Å². The highest BCUT2D eigenvalue weighted by atomic mass is 19.1. The summed E-state index contributed by atoms with van der Waals surface area (Å²) in [5, 5.41) is 3.01. The zero-order chi connectivity index (χ0) is 27.7. The van der Waals surface area contributed by atoms with Crippen LogP contribution in [0.15, 0.2) is 42.7 Å². The Balaban J connectivity index is 1.30. The van der Waals surface area contributed by atoms with Crippen molar-refractivity contribution in [3.05, 3.63) is 59.7 Å². The van der Waals surface area contributed by atoms with Gasteiger partial charge in [-0.15, -0.1) is 0 Å². The molecule has 4 heterocycles. The Morgan fingerprint density at radius 3 is 2.38 bits per heavy atom. The molecular formula is C29H34FN7O2. The van der Waals surface area contributed by atoms with Gasteiger partial charge in [0.25, 0.3) is 5.91 Å². The normalized spacial score (nSPS) is 16.1. The van der Waals surface area contributed by atoms with E-state index in [-0.39, 0.29) is 29.5 Å². The van der Waals surface area contributed by atoms with E-state index in [9.17, 15) is 14.0 Å². The number of anilines is 3. The van der Waals surface area contributed by atoms with E-state index in [0.29, 0.717) is 48.9 Å². The number of hydrogen-bond acceptors (Lipinski definition) is 7. The molecule has 10 heteroatoms. The molecule has 1 aromatic carbocycles. The number of carbonyl (C=O) groups is 2. The number of rotatable bonds is 6. The largest absolute Gasteiger partial charge is 0.336 e. The van der Waals surface area contributed by atoms with Crippen LogP contribution in [0.25, 0.3) is 11.3 Å². The van der Waals surface area contributed by atoms with E-state index in [4.69, 9.17) is 0 Å². The lowest BCUT2D eigenvalue weighted by Gasteiger charge is -2.36. The van der Waals surface area contributed by atoms with Crippen molar-refractivity contribution in [2.24, 2.45) is 0 Å². The number of nitrogens with one attached hydrogen (secondary N) is 1. The molecule has 2 aliphatic rings. The number of piperazine rings is 1. The lowest BCUT2D eigenvalue weighted by atomic mass is 9.96. The van der Waals surface area contributed by atoms with Gasteiger partial charge in [0, 0.05) is 62.1 Å². The number of nitrogens with zero attached hydrogens (tertiary/aromatic N) is 6. The van der Waals surface area contributed by atoms with Crippen molar-refractivity contribution in [3.63, 3.8) is 0 Å². The quantitative estimate of drug-likeness (QED) is 0.508. The summed E-state index contributed by atoms with van der Waals surface area (Å²) >= 11 is 0. The van der Waals surface area contributed by atoms with Crippen LogP contribution in [0.4, 0.5) is 21.8 Å². The fourth-order valence-corrected chi connectivity index (χ4v) is 5.19. The molecular weight excluding hydrogens is 497 g/mol. The summed E-state index contributed by atoms with van der Waals surface area (Å²) < 4.78 is 14.8. The van der Waals surface area contributed by atoms with Crippen molar-refractivity contribution in [2.75, 3.05) is 36.4 Å². The SMILES string of the molecule is CC(C)N1CCN(C(=O)c2ccc(Nc3ncc(F)c(-c4ccc5c(c4)CCC(=O)N5C(C)C)n3)nc2)CC1. The lowest BCUT2D eigenvalue weighted by Crippen LogP contribution is -2.50. The van der Waals surface area contributed by atoms with E-state index in [1.807, 2.05) is 30.9 Å². The first-order valence-electron chi connectivity index (χ1n) is 13.5. The van der Waals surface area contributed by atoms with Crippen molar-refractivity contribution >= 4 is 29.3 Å². The monoisotopic (exact) mass is 531 g/mol. The minimum atomic E-state index is -0.542. The first kappa shape index (κ1) is 26.7. The number of aryl methyl sites for hydroxylation is 1. The highest BCUT2D eigenvalue weighted by molar-refractivity contribution is 5.97. The molecule has 0 saturated carbocycles. The number of amides is 2. The van der Waals surface area contributed by atoms with E-state index in [1.54, 1.807) is 23.1 Å². The molecule has 2 aromatic heterocycles. The average molecular weight is 532 g/mol. The molecule has 1 fully saturated rings. The highest BCUT2D eigenvalue weighted by Gasteiger charge is 2.27. The average Bonchev–Trinajstić information content (AvgIpc) is 2.93. The molecule has 0 atom stereocenters. The van der Waals surface area contributed by atoms with Crippen LogP contribution in [0.3, 0.4) is 0 Å². The van der Waals surface area contributed by atoms with Crippen LogP contribution in [0.5, 0.6) is 0 Å². The van der Waals surface area contributed by atoms with Gasteiger partial charge in [-0.1, -0.05) is 6.07 Å². The van der Waals surface area contributed by atoms with E-state index < -0.39 is 5.82 Å². The van der Waals surface area contributed by atoms with Gasteiger partial charge < -0.3 is 15.1 Å². The number of fused-ring (bicyclic) bond motifs is 1. The van der Waals surface area contributed by atoms with Gasteiger partial charge in [0.2, 0.25) is 11.9 Å². The van der Waals surface area contributed by atoms with E-state index in [1.165, 1.54) is 6.20 Å². The van der Waals surface area contributed by atoms with Gasteiger partial charge in [-0.25, -0.2) is 19.3 Å². The van der Waals surface area contributed by atoms with Crippen LogP contribution in [0, 0.1) is 5.82 Å². The zero-order valence-electron chi connectivity index (χ0n) is 22.8. The Bertz CT molecular complexity index is 1370. The van der Waals surface area contributed by atoms with E-state index in [2.05, 4.69) is 39.0 Å². The Hall–Kier alpha value is -3.92. The maximum atomic E-state index is 14.8. The van der Waals surface area contributed by atoms with Crippen molar-refractivity contribution in [1.29, 1.82) is 0 Å². The number of hydrogen-bond donors (Lipinski definition) is 1. The van der Waals surface area contributed by atoms with Gasteiger partial charge in [0.1, 0.15) is 11.5 Å². The lowest BCUT2D eigenvalue weighted by molar-refractivity contribution is -0.119. The number of carbonyl (C=O) groups excluding carboxylic acids is 2. The van der Waals surface area contributed by atoms with Gasteiger partial charge >= 0.3 is 0 Å². The second kappa shape index (κ2) is 11.1. The van der Waals surface area contributed by atoms with Crippen molar-refractivity contribution < 1.29 is 14.0 Å². The topological polar surface area (TPSA) is 94.6 Å². The highest BCUT2D eigenvalue weighted by Crippen LogP contribution is 2.33. The van der Waals surface area contributed by atoms with E-state index in [0.717, 1.165) is 30.5 Å². The van der Waals surface area contributed by atoms with E-state index >= 15 is 0 Å². The van der Waals surface area contributed by atoms with Gasteiger partial charge in [-0.2, -0.15) is 0 Å². The summed E-state index contributed by atoms with van der Waals surface area (Å²) in [6.07, 6.45) is 3.69. The predicted octanol–water partition coefficient (Wildman–Crippen LogP) is 4.28. The molecule has 3 aromatic rings. The van der Waals surface area contributed by atoms with Crippen LogP contribution in [-0.4, -0.2) is 74.8 Å². The maximum Gasteiger partial charge on any atom is 0.255 e. The molecule has 2 amide bonds. The van der Waals surface area contributed by atoms with Crippen molar-refractivity contribution in [1.82, 2.24) is 24.8 Å². The molecule has 39 heavy (non-hydrogen) atoms. The molecule has 1 N–H and O–H groups in total. The Labute approximate surface area is 228 Å². The van der Waals surface area contributed by atoms with Crippen molar-refractivity contribution in [3.8, 4) is 11.3 Å². The first-order valence-corrected chi connectivity index (χ1v) is 13.5. The second-order valence-electron chi connectivity index (χ2n) is 10.6.